The van der Waals surface area contributed by atoms with Gasteiger partial charge >= 0.3 is 0 Å². The van der Waals surface area contributed by atoms with Crippen LogP contribution in [0.4, 0.5) is 0 Å². The lowest BCUT2D eigenvalue weighted by atomic mass is 10.3. The number of hydrogen-bond donors (Lipinski definition) is 1. The van der Waals surface area contributed by atoms with Crippen molar-refractivity contribution < 1.29 is 9.90 Å². The Morgan fingerprint density at radius 3 is 2.88 bits per heavy atom. The quantitative estimate of drug-likeness (QED) is 0.781. The lowest BCUT2D eigenvalue weighted by Crippen LogP contribution is -2.30. The zero-order valence-electron chi connectivity index (χ0n) is 8.36. The zero-order valence-corrected chi connectivity index (χ0v) is 9.87. The number of aromatic nitrogens is 1. The third-order valence-corrected chi connectivity index (χ3v) is 2.98. The summed E-state index contributed by atoms with van der Waals surface area (Å²) in [5.74, 6) is -0.288. The second kappa shape index (κ2) is 4.57. The fourth-order valence-corrected chi connectivity index (χ4v) is 1.98. The van der Waals surface area contributed by atoms with Gasteiger partial charge < -0.3 is 10.0 Å². The number of aliphatic hydroxyl groups excluding tert-OH is 1. The number of halogens is 2. The Balaban J connectivity index is 2.23. The van der Waals surface area contributed by atoms with E-state index in [0.29, 0.717) is 19.5 Å². The second-order valence-corrected chi connectivity index (χ2v) is 4.45. The van der Waals surface area contributed by atoms with Crippen molar-refractivity contribution in [3.8, 4) is 0 Å². The maximum atomic E-state index is 12.0. The highest BCUT2D eigenvalue weighted by Crippen LogP contribution is 2.20. The van der Waals surface area contributed by atoms with Crippen molar-refractivity contribution in [1.29, 1.82) is 0 Å². The number of carbonyl (C=O) groups excluding carboxylic acids is 1. The average Bonchev–Trinajstić information content (AvgIpc) is 2.67. The molecule has 1 saturated heterocycles. The molecule has 1 N–H and O–H groups in total. The first-order valence-electron chi connectivity index (χ1n) is 4.87. The summed E-state index contributed by atoms with van der Waals surface area (Å²) in [6, 6.07) is 3.07. The first kappa shape index (κ1) is 11.6. The molecule has 0 aromatic carbocycles. The van der Waals surface area contributed by atoms with Gasteiger partial charge in [0.05, 0.1) is 11.1 Å². The van der Waals surface area contributed by atoms with Crippen LogP contribution in [-0.4, -0.2) is 40.1 Å². The molecule has 1 fully saturated rings. The Morgan fingerprint density at radius 2 is 2.25 bits per heavy atom. The van der Waals surface area contributed by atoms with Crippen molar-refractivity contribution in [1.82, 2.24) is 9.88 Å². The molecule has 16 heavy (non-hydrogen) atoms. The van der Waals surface area contributed by atoms with Crippen molar-refractivity contribution >= 4 is 29.1 Å². The largest absolute Gasteiger partial charge is 0.391 e. The summed E-state index contributed by atoms with van der Waals surface area (Å²) in [7, 11) is 0. The van der Waals surface area contributed by atoms with Gasteiger partial charge in [-0.15, -0.1) is 0 Å². The molecule has 1 aromatic rings. The highest BCUT2D eigenvalue weighted by atomic mass is 35.5. The van der Waals surface area contributed by atoms with Gasteiger partial charge in [-0.2, -0.15) is 0 Å². The van der Waals surface area contributed by atoms with Gasteiger partial charge in [-0.1, -0.05) is 23.2 Å². The third-order valence-electron chi connectivity index (χ3n) is 2.47. The predicted octanol–water partition coefficient (Wildman–Crippen LogP) is 1.60. The van der Waals surface area contributed by atoms with Crippen LogP contribution in [-0.2, 0) is 0 Å². The number of hydrogen-bond acceptors (Lipinski definition) is 3. The van der Waals surface area contributed by atoms with Crippen molar-refractivity contribution in [2.75, 3.05) is 13.1 Å². The zero-order chi connectivity index (χ0) is 11.7. The number of amides is 1. The van der Waals surface area contributed by atoms with Crippen LogP contribution in [0.1, 0.15) is 16.9 Å². The number of β-amino-alcohol motifs (C(OH)–C–C–N with tert-alkyl or cyclic N) is 1. The third kappa shape index (κ3) is 2.29. The fraction of sp³-hybridized carbons (Fsp3) is 0.400. The van der Waals surface area contributed by atoms with E-state index in [9.17, 15) is 9.90 Å². The van der Waals surface area contributed by atoms with Crippen molar-refractivity contribution in [2.24, 2.45) is 0 Å². The summed E-state index contributed by atoms with van der Waals surface area (Å²) < 4.78 is 0. The Bertz CT molecular complexity index is 425. The van der Waals surface area contributed by atoms with Crippen molar-refractivity contribution in [2.45, 2.75) is 12.5 Å². The van der Waals surface area contributed by atoms with E-state index in [1.54, 1.807) is 0 Å². The molecule has 0 bridgehead atoms. The van der Waals surface area contributed by atoms with E-state index in [0.717, 1.165) is 0 Å². The molecule has 4 nitrogen and oxygen atoms in total. The fourth-order valence-electron chi connectivity index (χ4n) is 1.64. The summed E-state index contributed by atoms with van der Waals surface area (Å²) >= 11 is 11.6. The average molecular weight is 261 g/mol. The van der Waals surface area contributed by atoms with Crippen LogP contribution < -0.4 is 0 Å². The molecule has 1 unspecified atom stereocenters. The molecular weight excluding hydrogens is 251 g/mol. The molecule has 6 heteroatoms. The first-order chi connectivity index (χ1) is 7.58. The van der Waals surface area contributed by atoms with E-state index in [1.807, 2.05) is 0 Å². The summed E-state index contributed by atoms with van der Waals surface area (Å²) in [5, 5.41) is 9.85. The van der Waals surface area contributed by atoms with Gasteiger partial charge in [0, 0.05) is 13.1 Å². The summed E-state index contributed by atoms with van der Waals surface area (Å²) in [4.78, 5) is 17.4. The molecule has 86 valence electrons. The highest BCUT2D eigenvalue weighted by Gasteiger charge is 2.27. The number of likely N-dealkylation sites (tertiary alicyclic amines) is 1. The maximum absolute atomic E-state index is 12.0. The van der Waals surface area contributed by atoms with Gasteiger partial charge in [0.25, 0.3) is 5.91 Å². The highest BCUT2D eigenvalue weighted by molar-refractivity contribution is 6.34. The van der Waals surface area contributed by atoms with E-state index in [4.69, 9.17) is 23.2 Å². The lowest BCUT2D eigenvalue weighted by Gasteiger charge is -2.15. The second-order valence-electron chi connectivity index (χ2n) is 3.66. The first-order valence-corrected chi connectivity index (χ1v) is 5.63. The van der Waals surface area contributed by atoms with Crippen LogP contribution >= 0.6 is 23.2 Å². The Kier molecular flexibility index (Phi) is 3.33. The normalized spacial score (nSPS) is 20.2. The molecule has 1 amide bonds. The maximum Gasteiger partial charge on any atom is 0.274 e. The van der Waals surface area contributed by atoms with Gasteiger partial charge in [-0.05, 0) is 18.6 Å². The monoisotopic (exact) mass is 260 g/mol. The molecule has 1 atom stereocenters. The minimum Gasteiger partial charge on any atom is -0.391 e. The Hall–Kier alpha value is -0.840. The van der Waals surface area contributed by atoms with Crippen LogP contribution in [0, 0.1) is 0 Å². The molecule has 2 rings (SSSR count). The minimum atomic E-state index is -0.457. The standard InChI is InChI=1S/C10H10Cl2N2O2/c11-7-1-2-8(12)13-9(7)10(16)14-4-3-6(15)5-14/h1-2,6,15H,3-5H2. The molecule has 0 saturated carbocycles. The number of carbonyl (C=O) groups is 1. The van der Waals surface area contributed by atoms with E-state index in [-0.39, 0.29) is 21.8 Å². The molecule has 0 spiro atoms. The van der Waals surface area contributed by atoms with Gasteiger partial charge in [-0.3, -0.25) is 4.79 Å². The van der Waals surface area contributed by atoms with Gasteiger partial charge in [0.2, 0.25) is 0 Å². The predicted molar refractivity (Wildman–Crippen MR) is 60.8 cm³/mol. The molecule has 0 radical (unpaired) electrons. The number of rotatable bonds is 1. The van der Waals surface area contributed by atoms with Crippen LogP contribution in [0.25, 0.3) is 0 Å². The van der Waals surface area contributed by atoms with E-state index < -0.39 is 6.10 Å². The van der Waals surface area contributed by atoms with Crippen LogP contribution in [0.5, 0.6) is 0 Å². The van der Waals surface area contributed by atoms with E-state index >= 15 is 0 Å². The van der Waals surface area contributed by atoms with Crippen LogP contribution in [0.2, 0.25) is 10.2 Å². The Morgan fingerprint density at radius 1 is 1.50 bits per heavy atom. The van der Waals surface area contributed by atoms with Gasteiger partial charge in [-0.25, -0.2) is 4.98 Å². The number of pyridine rings is 1. The van der Waals surface area contributed by atoms with Gasteiger partial charge in [0.15, 0.2) is 0 Å². The minimum absolute atomic E-state index is 0.142. The Labute approximate surface area is 103 Å². The number of aliphatic hydroxyl groups is 1. The SMILES string of the molecule is O=C(c1nc(Cl)ccc1Cl)N1CCC(O)C1. The molecule has 2 heterocycles. The summed E-state index contributed by atoms with van der Waals surface area (Å²) in [5.41, 5.74) is 0.142. The van der Waals surface area contributed by atoms with Crippen LogP contribution in [0.15, 0.2) is 12.1 Å². The number of nitrogens with zero attached hydrogens (tertiary/aromatic N) is 2. The van der Waals surface area contributed by atoms with Crippen molar-refractivity contribution in [3.05, 3.63) is 28.0 Å². The molecule has 1 aliphatic heterocycles. The van der Waals surface area contributed by atoms with E-state index in [1.165, 1.54) is 17.0 Å². The summed E-state index contributed by atoms with van der Waals surface area (Å²) in [6.07, 6.45) is 0.131. The van der Waals surface area contributed by atoms with Crippen molar-refractivity contribution in [3.63, 3.8) is 0 Å². The van der Waals surface area contributed by atoms with E-state index in [2.05, 4.69) is 4.98 Å². The topological polar surface area (TPSA) is 53.4 Å². The van der Waals surface area contributed by atoms with Gasteiger partial charge in [0.1, 0.15) is 10.8 Å². The molecule has 1 aromatic heterocycles. The molecule has 1 aliphatic rings. The lowest BCUT2D eigenvalue weighted by molar-refractivity contribution is 0.0759. The van der Waals surface area contributed by atoms with Crippen LogP contribution in [0.3, 0.4) is 0 Å². The summed E-state index contributed by atoms with van der Waals surface area (Å²) in [6.45, 7) is 0.841. The molecular formula is C10H10Cl2N2O2. The molecule has 0 aliphatic carbocycles. The smallest absolute Gasteiger partial charge is 0.274 e.